The number of aryl methyl sites for hydroxylation is 1. The summed E-state index contributed by atoms with van der Waals surface area (Å²) in [6, 6.07) is 5.00. The molecule has 3 aromatic rings. The summed E-state index contributed by atoms with van der Waals surface area (Å²) in [4.78, 5) is 46.7. The molecule has 0 aliphatic carbocycles. The fraction of sp³-hybridized carbons (Fsp3) is 0.269. The highest BCUT2D eigenvalue weighted by atomic mass is 16.5. The van der Waals surface area contributed by atoms with Gasteiger partial charge in [0.15, 0.2) is 0 Å². The minimum atomic E-state index is -0.745. The fourth-order valence-corrected chi connectivity index (χ4v) is 4.28. The van der Waals surface area contributed by atoms with Crippen molar-refractivity contribution >= 4 is 40.9 Å². The summed E-state index contributed by atoms with van der Waals surface area (Å²) >= 11 is 0. The highest BCUT2D eigenvalue weighted by molar-refractivity contribution is 5.99. The second-order valence-electron chi connectivity index (χ2n) is 8.92. The van der Waals surface area contributed by atoms with Crippen LogP contribution in [0.5, 0.6) is 5.75 Å². The molecular formula is C26H28N10O4. The molecule has 1 aliphatic heterocycles. The van der Waals surface area contributed by atoms with Gasteiger partial charge in [0.05, 0.1) is 36.8 Å². The van der Waals surface area contributed by atoms with Crippen molar-refractivity contribution in [1.29, 1.82) is 5.26 Å². The van der Waals surface area contributed by atoms with Gasteiger partial charge in [-0.2, -0.15) is 15.3 Å². The Kier molecular flexibility index (Phi) is 8.24. The number of carbonyl (C=O) groups excluding carboxylic acids is 3. The summed E-state index contributed by atoms with van der Waals surface area (Å²) in [6.45, 7) is 6.31. The Balaban J connectivity index is 1.56. The van der Waals surface area contributed by atoms with Crippen LogP contribution in [-0.2, 0) is 4.79 Å². The number of hydrogen-bond acceptors (Lipinski definition) is 10. The van der Waals surface area contributed by atoms with Gasteiger partial charge in [0.25, 0.3) is 11.8 Å². The third kappa shape index (κ3) is 5.99. The number of nitrogens with two attached hydrogens (primary N) is 1. The summed E-state index contributed by atoms with van der Waals surface area (Å²) < 4.78 is 7.25. The number of amides is 3. The molecule has 0 radical (unpaired) electrons. The van der Waals surface area contributed by atoms with Crippen LogP contribution in [0.2, 0.25) is 0 Å². The number of ether oxygens (including phenoxy) is 1. The van der Waals surface area contributed by atoms with E-state index in [1.807, 2.05) is 6.07 Å². The first-order valence-corrected chi connectivity index (χ1v) is 12.2. The van der Waals surface area contributed by atoms with Crippen molar-refractivity contribution in [1.82, 2.24) is 30.0 Å². The number of nitrogens with one attached hydrogen (secondary N) is 3. The number of likely N-dealkylation sites (tertiary alicyclic amines) is 1. The van der Waals surface area contributed by atoms with Crippen LogP contribution in [0, 0.1) is 18.3 Å². The summed E-state index contributed by atoms with van der Waals surface area (Å²) in [6.07, 6.45) is 6.76. The molecule has 1 fully saturated rings. The Hall–Kier alpha value is -5.45. The number of hydrogen-bond donors (Lipinski definition) is 4. The Bertz CT molecular complexity index is 1510. The topological polar surface area (TPSA) is 193 Å². The second-order valence-corrected chi connectivity index (χ2v) is 8.92. The molecule has 3 heterocycles. The maximum absolute atomic E-state index is 12.3. The van der Waals surface area contributed by atoms with Crippen LogP contribution >= 0.6 is 0 Å². The molecule has 2 aromatic heterocycles. The first-order chi connectivity index (χ1) is 19.2. The molecule has 0 spiro atoms. The van der Waals surface area contributed by atoms with E-state index in [4.69, 9.17) is 15.7 Å². The molecule has 14 heteroatoms. The minimum absolute atomic E-state index is 0.0234. The number of primary amides is 1. The molecular weight excluding hydrogens is 516 g/mol. The van der Waals surface area contributed by atoms with Gasteiger partial charge in [0, 0.05) is 31.0 Å². The van der Waals surface area contributed by atoms with Crippen LogP contribution < -0.4 is 26.4 Å². The zero-order valence-electron chi connectivity index (χ0n) is 22.0. The van der Waals surface area contributed by atoms with Crippen molar-refractivity contribution in [3.63, 3.8) is 0 Å². The Morgan fingerprint density at radius 3 is 2.80 bits per heavy atom. The number of nitriles is 1. The lowest BCUT2D eigenvalue weighted by Crippen LogP contribution is -2.27. The van der Waals surface area contributed by atoms with Crippen LogP contribution in [0.15, 0.2) is 43.4 Å². The third-order valence-corrected chi connectivity index (χ3v) is 6.29. The van der Waals surface area contributed by atoms with Crippen molar-refractivity contribution in [2.45, 2.75) is 19.4 Å². The maximum atomic E-state index is 12.3. The average molecular weight is 545 g/mol. The predicted octanol–water partition coefficient (Wildman–Crippen LogP) is 1.79. The van der Waals surface area contributed by atoms with Crippen molar-refractivity contribution in [3.8, 4) is 11.8 Å². The number of nitrogens with zero attached hydrogens (tertiary/aromatic N) is 6. The lowest BCUT2D eigenvalue weighted by molar-refractivity contribution is -0.125. The van der Waals surface area contributed by atoms with E-state index >= 15 is 0 Å². The summed E-state index contributed by atoms with van der Waals surface area (Å²) in [5.74, 6) is -0.682. The zero-order chi connectivity index (χ0) is 28.8. The molecule has 3 amide bonds. The van der Waals surface area contributed by atoms with Gasteiger partial charge < -0.3 is 31.3 Å². The number of anilines is 4. The monoisotopic (exact) mass is 544 g/mol. The Labute approximate surface area is 229 Å². The van der Waals surface area contributed by atoms with Gasteiger partial charge in [-0.15, -0.1) is 0 Å². The van der Waals surface area contributed by atoms with E-state index < -0.39 is 11.8 Å². The SMILES string of the molecule is C=CC(=O)N1CCC(n2cc(Nc3ncc(C(N)=O)c(Nc4c(C)cc(C(=O)NCC#N)cc4OC)n3)cn2)C1. The average Bonchev–Trinajstić information content (AvgIpc) is 3.62. The Morgan fingerprint density at radius 2 is 2.10 bits per heavy atom. The normalized spacial score (nSPS) is 14.2. The van der Waals surface area contributed by atoms with Crippen molar-refractivity contribution in [2.24, 2.45) is 5.73 Å². The van der Waals surface area contributed by atoms with Crippen LogP contribution in [-0.4, -0.2) is 69.1 Å². The Morgan fingerprint density at radius 1 is 1.30 bits per heavy atom. The minimum Gasteiger partial charge on any atom is -0.495 e. The highest BCUT2D eigenvalue weighted by Gasteiger charge is 2.27. The molecule has 1 atom stereocenters. The van der Waals surface area contributed by atoms with Gasteiger partial charge in [0.1, 0.15) is 23.7 Å². The van der Waals surface area contributed by atoms with Crippen molar-refractivity contribution in [2.75, 3.05) is 37.4 Å². The summed E-state index contributed by atoms with van der Waals surface area (Å²) in [5, 5.41) is 21.8. The highest BCUT2D eigenvalue weighted by Crippen LogP contribution is 2.33. The molecule has 14 nitrogen and oxygen atoms in total. The van der Waals surface area contributed by atoms with E-state index in [0.717, 1.165) is 6.42 Å². The van der Waals surface area contributed by atoms with Gasteiger partial charge in [-0.1, -0.05) is 6.58 Å². The lowest BCUT2D eigenvalue weighted by atomic mass is 10.1. The maximum Gasteiger partial charge on any atom is 0.254 e. The zero-order valence-corrected chi connectivity index (χ0v) is 22.0. The van der Waals surface area contributed by atoms with Crippen LogP contribution in [0.4, 0.5) is 23.1 Å². The first-order valence-electron chi connectivity index (χ1n) is 12.2. The molecule has 40 heavy (non-hydrogen) atoms. The van der Waals surface area contributed by atoms with E-state index in [0.29, 0.717) is 41.3 Å². The van der Waals surface area contributed by atoms with Gasteiger partial charge in [0.2, 0.25) is 11.9 Å². The molecule has 5 N–H and O–H groups in total. The standard InChI is InChI=1S/C26H28N10O4/c1-4-21(37)35-8-5-18(14-35)36-13-17(11-31-36)32-26-30-12-19(23(28)38)24(34-26)33-22-15(2)9-16(10-20(22)40-3)25(39)29-7-6-27/h4,9-13,18H,1,5,7-8,14H2,2-3H3,(H2,28,38)(H,29,39)(H2,30,32,33,34). The third-order valence-electron chi connectivity index (χ3n) is 6.29. The second kappa shape index (κ2) is 11.9. The quantitative estimate of drug-likeness (QED) is 0.216. The van der Waals surface area contributed by atoms with Gasteiger partial charge >= 0.3 is 0 Å². The van der Waals surface area contributed by atoms with E-state index in [2.05, 4.69) is 37.6 Å². The summed E-state index contributed by atoms with van der Waals surface area (Å²) in [5.41, 5.74) is 7.58. The number of carbonyl (C=O) groups is 3. The van der Waals surface area contributed by atoms with E-state index in [1.54, 1.807) is 35.0 Å². The number of rotatable bonds is 10. The van der Waals surface area contributed by atoms with Crippen LogP contribution in [0.3, 0.4) is 0 Å². The first kappa shape index (κ1) is 27.6. The molecule has 206 valence electrons. The van der Waals surface area contributed by atoms with Crippen LogP contribution in [0.1, 0.15) is 38.7 Å². The predicted molar refractivity (Wildman–Crippen MR) is 145 cm³/mol. The van der Waals surface area contributed by atoms with E-state index in [-0.39, 0.29) is 35.8 Å². The molecule has 0 saturated carbocycles. The summed E-state index contributed by atoms with van der Waals surface area (Å²) in [7, 11) is 1.44. The van der Waals surface area contributed by atoms with Gasteiger partial charge in [-0.25, -0.2) is 4.98 Å². The van der Waals surface area contributed by atoms with E-state index in [1.165, 1.54) is 25.4 Å². The van der Waals surface area contributed by atoms with Gasteiger partial charge in [-0.3, -0.25) is 19.1 Å². The van der Waals surface area contributed by atoms with Crippen molar-refractivity contribution in [3.05, 3.63) is 60.1 Å². The lowest BCUT2D eigenvalue weighted by Gasteiger charge is -2.17. The van der Waals surface area contributed by atoms with Crippen molar-refractivity contribution < 1.29 is 19.1 Å². The smallest absolute Gasteiger partial charge is 0.254 e. The molecule has 1 unspecified atom stereocenters. The molecule has 4 rings (SSSR count). The molecule has 1 saturated heterocycles. The number of methoxy groups -OCH3 is 1. The largest absolute Gasteiger partial charge is 0.495 e. The number of aromatic nitrogens is 4. The molecule has 1 aromatic carbocycles. The fourth-order valence-electron chi connectivity index (χ4n) is 4.28. The van der Waals surface area contributed by atoms with Gasteiger partial charge in [-0.05, 0) is 37.1 Å². The molecule has 1 aliphatic rings. The number of benzene rings is 1. The van der Waals surface area contributed by atoms with E-state index in [9.17, 15) is 14.4 Å². The van der Waals surface area contributed by atoms with Crippen LogP contribution in [0.25, 0.3) is 0 Å². The molecule has 0 bridgehead atoms.